The molecule has 0 aliphatic carbocycles. The van der Waals surface area contributed by atoms with Gasteiger partial charge in [-0.3, -0.25) is 14.4 Å². The molecule has 0 saturated carbocycles. The third-order valence-electron chi connectivity index (χ3n) is 3.53. The van der Waals surface area contributed by atoms with E-state index in [4.69, 9.17) is 4.74 Å². The van der Waals surface area contributed by atoms with Crippen LogP contribution in [0.2, 0.25) is 0 Å². The zero-order valence-corrected chi connectivity index (χ0v) is 14.7. The Labute approximate surface area is 152 Å². The van der Waals surface area contributed by atoms with E-state index in [9.17, 15) is 14.4 Å². The highest BCUT2D eigenvalue weighted by Crippen LogP contribution is 2.13. The van der Waals surface area contributed by atoms with Crippen LogP contribution < -0.4 is 15.4 Å². The molecule has 2 rings (SSSR count). The third kappa shape index (κ3) is 6.76. The number of carbonyl (C=O) groups is 3. The number of hydrogen-bond acceptors (Lipinski definition) is 4. The van der Waals surface area contributed by atoms with E-state index in [0.29, 0.717) is 37.2 Å². The fourth-order valence-electron chi connectivity index (χ4n) is 2.33. The Balaban J connectivity index is 1.67. The summed E-state index contributed by atoms with van der Waals surface area (Å²) in [7, 11) is 0. The maximum Gasteiger partial charge on any atom is 0.308 e. The normalized spacial score (nSPS) is 10.0. The molecular weight excluding hydrogens is 332 g/mol. The van der Waals surface area contributed by atoms with E-state index in [1.165, 1.54) is 13.0 Å². The Morgan fingerprint density at radius 2 is 1.65 bits per heavy atom. The molecule has 136 valence electrons. The van der Waals surface area contributed by atoms with Crippen LogP contribution in [0.4, 0.5) is 0 Å². The van der Waals surface area contributed by atoms with E-state index in [1.807, 2.05) is 30.3 Å². The van der Waals surface area contributed by atoms with E-state index in [0.717, 1.165) is 5.56 Å². The summed E-state index contributed by atoms with van der Waals surface area (Å²) in [5.41, 5.74) is 1.38. The molecule has 26 heavy (non-hydrogen) atoms. The predicted molar refractivity (Wildman–Crippen MR) is 97.9 cm³/mol. The number of nitrogens with one attached hydrogen (secondary N) is 2. The minimum atomic E-state index is -0.436. The van der Waals surface area contributed by atoms with Crippen molar-refractivity contribution in [1.82, 2.24) is 10.6 Å². The summed E-state index contributed by atoms with van der Waals surface area (Å²) in [5.74, 6) is -0.404. The highest BCUT2D eigenvalue weighted by molar-refractivity contribution is 5.94. The van der Waals surface area contributed by atoms with Gasteiger partial charge in [-0.15, -0.1) is 0 Å². The lowest BCUT2D eigenvalue weighted by Gasteiger charge is -2.08. The van der Waals surface area contributed by atoms with Crippen LogP contribution >= 0.6 is 0 Å². The van der Waals surface area contributed by atoms with Crippen molar-refractivity contribution in [3.63, 3.8) is 0 Å². The molecule has 2 N–H and O–H groups in total. The molecule has 6 nitrogen and oxygen atoms in total. The SMILES string of the molecule is CC(=O)Oc1cccc(C(=O)NCCCNC(=O)Cc2ccccc2)c1. The van der Waals surface area contributed by atoms with Gasteiger partial charge in [0.05, 0.1) is 6.42 Å². The molecule has 0 bridgehead atoms. The van der Waals surface area contributed by atoms with Crippen LogP contribution in [-0.2, 0) is 16.0 Å². The first-order chi connectivity index (χ1) is 12.5. The van der Waals surface area contributed by atoms with Crippen molar-refractivity contribution in [3.8, 4) is 5.75 Å². The highest BCUT2D eigenvalue weighted by atomic mass is 16.5. The van der Waals surface area contributed by atoms with Gasteiger partial charge in [0.25, 0.3) is 5.91 Å². The van der Waals surface area contributed by atoms with Crippen molar-refractivity contribution < 1.29 is 19.1 Å². The largest absolute Gasteiger partial charge is 0.427 e. The Hall–Kier alpha value is -3.15. The Bertz CT molecular complexity index is 759. The van der Waals surface area contributed by atoms with E-state index < -0.39 is 5.97 Å². The van der Waals surface area contributed by atoms with Gasteiger partial charge in [-0.05, 0) is 30.2 Å². The Morgan fingerprint density at radius 1 is 0.923 bits per heavy atom. The lowest BCUT2D eigenvalue weighted by molar-refractivity contribution is -0.131. The van der Waals surface area contributed by atoms with Crippen LogP contribution in [0.25, 0.3) is 0 Å². The third-order valence-corrected chi connectivity index (χ3v) is 3.53. The molecule has 2 aromatic carbocycles. The lowest BCUT2D eigenvalue weighted by Crippen LogP contribution is -2.30. The summed E-state index contributed by atoms with van der Waals surface area (Å²) in [6.45, 7) is 2.22. The number of esters is 1. The summed E-state index contributed by atoms with van der Waals surface area (Å²) >= 11 is 0. The van der Waals surface area contributed by atoms with Gasteiger partial charge in [0.15, 0.2) is 0 Å². The second kappa shape index (κ2) is 9.98. The van der Waals surface area contributed by atoms with Crippen molar-refractivity contribution in [2.75, 3.05) is 13.1 Å². The van der Waals surface area contributed by atoms with Crippen molar-refractivity contribution in [3.05, 3.63) is 65.7 Å². The van der Waals surface area contributed by atoms with Gasteiger partial charge >= 0.3 is 5.97 Å². The smallest absolute Gasteiger partial charge is 0.308 e. The lowest BCUT2D eigenvalue weighted by atomic mass is 10.1. The summed E-state index contributed by atoms with van der Waals surface area (Å²) < 4.78 is 4.96. The van der Waals surface area contributed by atoms with Crippen LogP contribution in [0, 0.1) is 0 Å². The second-order valence-electron chi connectivity index (χ2n) is 5.74. The zero-order valence-electron chi connectivity index (χ0n) is 14.7. The van der Waals surface area contributed by atoms with Gasteiger partial charge in [-0.25, -0.2) is 0 Å². The topological polar surface area (TPSA) is 84.5 Å². The van der Waals surface area contributed by atoms with Crippen molar-refractivity contribution in [2.24, 2.45) is 0 Å². The molecule has 0 aliphatic heterocycles. The van der Waals surface area contributed by atoms with Crippen molar-refractivity contribution in [1.29, 1.82) is 0 Å². The van der Waals surface area contributed by atoms with Crippen LogP contribution in [0.1, 0.15) is 29.3 Å². The molecular formula is C20H22N2O4. The predicted octanol–water partition coefficient (Wildman–Crippen LogP) is 2.09. The molecule has 2 amide bonds. The monoisotopic (exact) mass is 354 g/mol. The van der Waals surface area contributed by atoms with Crippen molar-refractivity contribution >= 4 is 17.8 Å². The minimum Gasteiger partial charge on any atom is -0.427 e. The first-order valence-corrected chi connectivity index (χ1v) is 8.42. The van der Waals surface area contributed by atoms with Gasteiger partial charge in [0.1, 0.15) is 5.75 Å². The molecule has 6 heteroatoms. The summed E-state index contributed by atoms with van der Waals surface area (Å²) in [6.07, 6.45) is 0.964. The Kier molecular flexibility index (Phi) is 7.36. The summed E-state index contributed by atoms with van der Waals surface area (Å²) in [6, 6.07) is 15.9. The van der Waals surface area contributed by atoms with Gasteiger partial charge in [0, 0.05) is 25.6 Å². The number of amides is 2. The van der Waals surface area contributed by atoms with Crippen LogP contribution in [0.5, 0.6) is 5.75 Å². The molecule has 0 saturated heterocycles. The van der Waals surface area contributed by atoms with E-state index >= 15 is 0 Å². The fraction of sp³-hybridized carbons (Fsp3) is 0.250. The number of carbonyl (C=O) groups excluding carboxylic acids is 3. The molecule has 2 aromatic rings. The van der Waals surface area contributed by atoms with Gasteiger partial charge < -0.3 is 15.4 Å². The molecule has 0 unspecified atom stereocenters. The quantitative estimate of drug-likeness (QED) is 0.432. The standard InChI is InChI=1S/C20H22N2O4/c1-15(23)26-18-10-5-9-17(14-18)20(25)22-12-6-11-21-19(24)13-16-7-3-2-4-8-16/h2-5,7-10,14H,6,11-13H2,1H3,(H,21,24)(H,22,25). The Morgan fingerprint density at radius 3 is 2.38 bits per heavy atom. The van der Waals surface area contributed by atoms with E-state index in [-0.39, 0.29) is 11.8 Å². The number of hydrogen-bond donors (Lipinski definition) is 2. The molecule has 0 aromatic heterocycles. The highest BCUT2D eigenvalue weighted by Gasteiger charge is 2.07. The van der Waals surface area contributed by atoms with E-state index in [2.05, 4.69) is 10.6 Å². The zero-order chi connectivity index (χ0) is 18.8. The first-order valence-electron chi connectivity index (χ1n) is 8.42. The van der Waals surface area contributed by atoms with Crippen LogP contribution in [-0.4, -0.2) is 30.9 Å². The van der Waals surface area contributed by atoms with Crippen LogP contribution in [0.3, 0.4) is 0 Å². The van der Waals surface area contributed by atoms with Gasteiger partial charge in [-0.1, -0.05) is 36.4 Å². The van der Waals surface area contributed by atoms with Crippen LogP contribution in [0.15, 0.2) is 54.6 Å². The summed E-state index contributed by atoms with van der Waals surface area (Å²) in [5, 5.41) is 5.60. The fourth-order valence-corrected chi connectivity index (χ4v) is 2.33. The molecule has 0 radical (unpaired) electrons. The first kappa shape index (κ1) is 19.2. The second-order valence-corrected chi connectivity index (χ2v) is 5.74. The van der Waals surface area contributed by atoms with E-state index in [1.54, 1.807) is 18.2 Å². The molecule has 0 spiro atoms. The average Bonchev–Trinajstić information content (AvgIpc) is 2.61. The molecule has 0 heterocycles. The molecule has 0 fully saturated rings. The van der Waals surface area contributed by atoms with Gasteiger partial charge in [0.2, 0.25) is 5.91 Å². The van der Waals surface area contributed by atoms with Crippen molar-refractivity contribution in [2.45, 2.75) is 19.8 Å². The maximum absolute atomic E-state index is 12.1. The number of benzene rings is 2. The van der Waals surface area contributed by atoms with Gasteiger partial charge in [-0.2, -0.15) is 0 Å². The molecule has 0 atom stereocenters. The number of ether oxygens (including phenoxy) is 1. The number of rotatable bonds is 8. The molecule has 0 aliphatic rings. The summed E-state index contributed by atoms with van der Waals surface area (Å²) in [4.78, 5) is 34.8. The minimum absolute atomic E-state index is 0.0448. The average molecular weight is 354 g/mol. The maximum atomic E-state index is 12.1.